The SMILES string of the molecule is Cn1ncc2c(C(=O)NCc3ccc(N4CCCC4=O)cc3)ccnc21. The van der Waals surface area contributed by atoms with Crippen LogP contribution < -0.4 is 10.2 Å². The molecule has 4 rings (SSSR count). The van der Waals surface area contributed by atoms with E-state index in [2.05, 4.69) is 15.4 Å². The van der Waals surface area contributed by atoms with Gasteiger partial charge in [0.1, 0.15) is 0 Å². The standard InChI is InChI=1S/C19H19N5O2/c1-23-18-16(12-22-23)15(8-9-20-18)19(26)21-11-13-4-6-14(7-5-13)24-10-2-3-17(24)25/h4-9,12H,2-3,10-11H2,1H3,(H,21,26). The Morgan fingerprint density at radius 2 is 2.04 bits per heavy atom. The molecule has 7 heteroatoms. The number of anilines is 1. The minimum atomic E-state index is -0.163. The smallest absolute Gasteiger partial charge is 0.252 e. The third kappa shape index (κ3) is 2.92. The highest BCUT2D eigenvalue weighted by molar-refractivity contribution is 6.05. The molecule has 0 spiro atoms. The van der Waals surface area contributed by atoms with Crippen LogP contribution in [0.4, 0.5) is 5.69 Å². The Hall–Kier alpha value is -3.22. The van der Waals surface area contributed by atoms with Crippen molar-refractivity contribution in [2.75, 3.05) is 11.4 Å². The Bertz CT molecular complexity index is 977. The topological polar surface area (TPSA) is 80.1 Å². The van der Waals surface area contributed by atoms with Gasteiger partial charge >= 0.3 is 0 Å². The number of nitrogens with zero attached hydrogens (tertiary/aromatic N) is 4. The number of aryl methyl sites for hydroxylation is 1. The average Bonchev–Trinajstić information content (AvgIpc) is 3.26. The monoisotopic (exact) mass is 349 g/mol. The molecule has 0 saturated carbocycles. The summed E-state index contributed by atoms with van der Waals surface area (Å²) in [5.74, 6) is 0.00780. The molecule has 1 aliphatic rings. The highest BCUT2D eigenvalue weighted by atomic mass is 16.2. The van der Waals surface area contributed by atoms with E-state index in [0.29, 0.717) is 24.2 Å². The van der Waals surface area contributed by atoms with E-state index < -0.39 is 0 Å². The van der Waals surface area contributed by atoms with E-state index in [1.165, 1.54) is 0 Å². The van der Waals surface area contributed by atoms with E-state index in [1.807, 2.05) is 24.3 Å². The first kappa shape index (κ1) is 16.3. The van der Waals surface area contributed by atoms with Crippen molar-refractivity contribution in [1.29, 1.82) is 0 Å². The van der Waals surface area contributed by atoms with Crippen LogP contribution in [-0.2, 0) is 18.4 Å². The van der Waals surface area contributed by atoms with Gasteiger partial charge in [-0.1, -0.05) is 12.1 Å². The summed E-state index contributed by atoms with van der Waals surface area (Å²) in [7, 11) is 1.80. The second kappa shape index (κ2) is 6.59. The fourth-order valence-corrected chi connectivity index (χ4v) is 3.24. The molecule has 1 saturated heterocycles. The molecule has 7 nitrogen and oxygen atoms in total. The zero-order valence-corrected chi connectivity index (χ0v) is 14.5. The minimum Gasteiger partial charge on any atom is -0.348 e. The molecule has 1 fully saturated rings. The van der Waals surface area contributed by atoms with Gasteiger partial charge in [-0.3, -0.25) is 14.3 Å². The maximum Gasteiger partial charge on any atom is 0.252 e. The van der Waals surface area contributed by atoms with Gasteiger partial charge in [-0.2, -0.15) is 5.10 Å². The van der Waals surface area contributed by atoms with Gasteiger partial charge in [0.2, 0.25) is 5.91 Å². The van der Waals surface area contributed by atoms with Crippen LogP contribution in [0.25, 0.3) is 11.0 Å². The molecule has 2 aromatic heterocycles. The zero-order chi connectivity index (χ0) is 18.1. The number of aromatic nitrogens is 3. The van der Waals surface area contributed by atoms with Gasteiger partial charge in [-0.05, 0) is 30.2 Å². The third-order valence-corrected chi connectivity index (χ3v) is 4.65. The molecule has 0 bridgehead atoms. The number of nitrogens with one attached hydrogen (secondary N) is 1. The number of carbonyl (C=O) groups is 2. The Balaban J connectivity index is 1.45. The molecule has 132 valence electrons. The Labute approximate surface area is 150 Å². The summed E-state index contributed by atoms with van der Waals surface area (Å²) in [6, 6.07) is 9.43. The Morgan fingerprint density at radius 3 is 2.77 bits per heavy atom. The lowest BCUT2D eigenvalue weighted by atomic mass is 10.1. The predicted molar refractivity (Wildman–Crippen MR) is 97.7 cm³/mol. The van der Waals surface area contributed by atoms with Crippen LogP contribution in [0.15, 0.2) is 42.7 Å². The van der Waals surface area contributed by atoms with Crippen molar-refractivity contribution < 1.29 is 9.59 Å². The molecule has 0 aliphatic carbocycles. The van der Waals surface area contributed by atoms with Crippen LogP contribution in [0.5, 0.6) is 0 Å². The summed E-state index contributed by atoms with van der Waals surface area (Å²) in [5, 5.41) is 7.81. The quantitative estimate of drug-likeness (QED) is 0.781. The summed E-state index contributed by atoms with van der Waals surface area (Å²) in [6.45, 7) is 1.19. The fourth-order valence-electron chi connectivity index (χ4n) is 3.24. The lowest BCUT2D eigenvalue weighted by Crippen LogP contribution is -2.24. The number of fused-ring (bicyclic) bond motifs is 1. The van der Waals surface area contributed by atoms with E-state index in [4.69, 9.17) is 0 Å². The van der Waals surface area contributed by atoms with Crippen LogP contribution in [0.1, 0.15) is 28.8 Å². The van der Waals surface area contributed by atoms with Crippen molar-refractivity contribution in [3.63, 3.8) is 0 Å². The predicted octanol–water partition coefficient (Wildman–Crippen LogP) is 2.03. The lowest BCUT2D eigenvalue weighted by molar-refractivity contribution is -0.117. The molecule has 1 N–H and O–H groups in total. The summed E-state index contributed by atoms with van der Waals surface area (Å²) in [4.78, 5) is 30.4. The fraction of sp³-hybridized carbons (Fsp3) is 0.263. The molecular weight excluding hydrogens is 330 g/mol. The van der Waals surface area contributed by atoms with Crippen molar-refractivity contribution in [3.05, 3.63) is 53.9 Å². The first-order chi connectivity index (χ1) is 12.6. The second-order valence-corrected chi connectivity index (χ2v) is 6.36. The minimum absolute atomic E-state index is 0.163. The number of amides is 2. The van der Waals surface area contributed by atoms with Crippen LogP contribution in [-0.4, -0.2) is 33.1 Å². The zero-order valence-electron chi connectivity index (χ0n) is 14.5. The highest BCUT2D eigenvalue weighted by Gasteiger charge is 2.21. The summed E-state index contributed by atoms with van der Waals surface area (Å²) < 4.78 is 1.64. The maximum atomic E-state index is 12.5. The number of pyridine rings is 1. The first-order valence-corrected chi connectivity index (χ1v) is 8.58. The summed E-state index contributed by atoms with van der Waals surface area (Å²) in [5.41, 5.74) is 3.12. The third-order valence-electron chi connectivity index (χ3n) is 4.65. The molecule has 1 aliphatic heterocycles. The van der Waals surface area contributed by atoms with Gasteiger partial charge in [0.05, 0.1) is 17.1 Å². The number of benzene rings is 1. The van der Waals surface area contributed by atoms with Crippen LogP contribution in [0.3, 0.4) is 0 Å². The van der Waals surface area contributed by atoms with Crippen molar-refractivity contribution in [3.8, 4) is 0 Å². The van der Waals surface area contributed by atoms with Gasteiger partial charge in [0.25, 0.3) is 5.91 Å². The van der Waals surface area contributed by atoms with E-state index in [9.17, 15) is 9.59 Å². The van der Waals surface area contributed by atoms with E-state index in [0.717, 1.165) is 29.6 Å². The van der Waals surface area contributed by atoms with Crippen molar-refractivity contribution in [2.45, 2.75) is 19.4 Å². The number of hydrogen-bond acceptors (Lipinski definition) is 4. The van der Waals surface area contributed by atoms with Crippen LogP contribution in [0, 0.1) is 0 Å². The number of hydrogen-bond donors (Lipinski definition) is 1. The summed E-state index contributed by atoms with van der Waals surface area (Å²) in [6.07, 6.45) is 4.79. The molecule has 0 atom stereocenters. The van der Waals surface area contributed by atoms with Gasteiger partial charge in [0.15, 0.2) is 5.65 Å². The van der Waals surface area contributed by atoms with Crippen LogP contribution >= 0.6 is 0 Å². The maximum absolute atomic E-state index is 12.5. The number of carbonyl (C=O) groups excluding carboxylic acids is 2. The van der Waals surface area contributed by atoms with E-state index >= 15 is 0 Å². The van der Waals surface area contributed by atoms with E-state index in [1.54, 1.807) is 35.1 Å². The first-order valence-electron chi connectivity index (χ1n) is 8.58. The lowest BCUT2D eigenvalue weighted by Gasteiger charge is -2.16. The molecule has 2 amide bonds. The molecule has 3 heterocycles. The largest absolute Gasteiger partial charge is 0.348 e. The molecule has 0 radical (unpaired) electrons. The molecular formula is C19H19N5O2. The average molecular weight is 349 g/mol. The van der Waals surface area contributed by atoms with Crippen molar-refractivity contribution >= 4 is 28.5 Å². The number of rotatable bonds is 4. The molecule has 26 heavy (non-hydrogen) atoms. The Morgan fingerprint density at radius 1 is 1.23 bits per heavy atom. The summed E-state index contributed by atoms with van der Waals surface area (Å²) >= 11 is 0. The molecule has 1 aromatic carbocycles. The highest BCUT2D eigenvalue weighted by Crippen LogP contribution is 2.21. The van der Waals surface area contributed by atoms with E-state index in [-0.39, 0.29) is 11.8 Å². The van der Waals surface area contributed by atoms with Gasteiger partial charge in [-0.15, -0.1) is 0 Å². The second-order valence-electron chi connectivity index (χ2n) is 6.36. The van der Waals surface area contributed by atoms with Crippen molar-refractivity contribution in [2.24, 2.45) is 7.05 Å². The molecule has 3 aromatic rings. The normalized spacial score (nSPS) is 14.2. The van der Waals surface area contributed by atoms with Gasteiger partial charge in [0, 0.05) is 38.4 Å². The Kier molecular flexibility index (Phi) is 4.12. The molecule has 0 unspecified atom stereocenters. The van der Waals surface area contributed by atoms with Crippen LogP contribution in [0.2, 0.25) is 0 Å². The van der Waals surface area contributed by atoms with Gasteiger partial charge < -0.3 is 10.2 Å². The van der Waals surface area contributed by atoms with Gasteiger partial charge in [-0.25, -0.2) is 4.98 Å². The van der Waals surface area contributed by atoms with Crippen molar-refractivity contribution in [1.82, 2.24) is 20.1 Å².